The SMILES string of the molecule is CC(C)OC(=O)[C@H](C)NP(=O)(Oc1ccccc1)C(C)F. The lowest BCUT2D eigenvalue weighted by Crippen LogP contribution is -2.37. The number of hydrogen-bond donors (Lipinski definition) is 1. The quantitative estimate of drug-likeness (QED) is 0.616. The molecule has 0 heterocycles. The number of para-hydroxylation sites is 1. The van der Waals surface area contributed by atoms with Crippen LogP contribution in [-0.2, 0) is 14.1 Å². The monoisotopic (exact) mass is 317 g/mol. The number of alkyl halides is 1. The summed E-state index contributed by atoms with van der Waals surface area (Å²) in [6.07, 6.45) is -0.307. The largest absolute Gasteiger partial charge is 0.462 e. The molecule has 3 atom stereocenters. The Kier molecular flexibility index (Phi) is 6.37. The van der Waals surface area contributed by atoms with Gasteiger partial charge in [0.15, 0.2) is 5.91 Å². The predicted octanol–water partition coefficient (Wildman–Crippen LogP) is 3.50. The van der Waals surface area contributed by atoms with Crippen molar-refractivity contribution in [3.8, 4) is 5.75 Å². The summed E-state index contributed by atoms with van der Waals surface area (Å²) >= 11 is 0. The van der Waals surface area contributed by atoms with Gasteiger partial charge in [0.05, 0.1) is 6.10 Å². The molecule has 0 aliphatic rings. The Morgan fingerprint density at radius 1 is 1.19 bits per heavy atom. The molecule has 0 saturated carbocycles. The van der Waals surface area contributed by atoms with Crippen LogP contribution in [-0.4, -0.2) is 24.0 Å². The fourth-order valence-electron chi connectivity index (χ4n) is 1.50. The molecule has 5 nitrogen and oxygen atoms in total. The first-order valence-electron chi connectivity index (χ1n) is 6.71. The van der Waals surface area contributed by atoms with Crippen molar-refractivity contribution < 1.29 is 23.0 Å². The van der Waals surface area contributed by atoms with Gasteiger partial charge >= 0.3 is 13.5 Å². The van der Waals surface area contributed by atoms with E-state index in [0.29, 0.717) is 0 Å². The maximum atomic E-state index is 13.7. The minimum atomic E-state index is -3.88. The van der Waals surface area contributed by atoms with Crippen LogP contribution in [0.5, 0.6) is 5.75 Å². The van der Waals surface area contributed by atoms with Crippen molar-refractivity contribution in [3.63, 3.8) is 0 Å². The third-order valence-electron chi connectivity index (χ3n) is 2.53. The van der Waals surface area contributed by atoms with Crippen molar-refractivity contribution in [2.45, 2.75) is 45.8 Å². The lowest BCUT2D eigenvalue weighted by Gasteiger charge is -2.24. The van der Waals surface area contributed by atoms with E-state index < -0.39 is 25.4 Å². The molecule has 0 amide bonds. The normalized spacial score (nSPS) is 16.9. The van der Waals surface area contributed by atoms with Crippen LogP contribution in [0.1, 0.15) is 27.7 Å². The Morgan fingerprint density at radius 3 is 2.24 bits per heavy atom. The number of nitrogens with one attached hydrogen (secondary N) is 1. The summed E-state index contributed by atoms with van der Waals surface area (Å²) < 4.78 is 36.5. The average molecular weight is 317 g/mol. The van der Waals surface area contributed by atoms with Gasteiger partial charge in [0.2, 0.25) is 0 Å². The molecular weight excluding hydrogens is 296 g/mol. The van der Waals surface area contributed by atoms with Gasteiger partial charge in [-0.2, -0.15) is 0 Å². The van der Waals surface area contributed by atoms with E-state index in [9.17, 15) is 13.8 Å². The van der Waals surface area contributed by atoms with Gasteiger partial charge in [-0.1, -0.05) is 18.2 Å². The summed E-state index contributed by atoms with van der Waals surface area (Å²) in [5.41, 5.74) is 0. The molecule has 1 aromatic rings. The molecule has 7 heteroatoms. The van der Waals surface area contributed by atoms with Gasteiger partial charge in [-0.3, -0.25) is 9.36 Å². The summed E-state index contributed by atoms with van der Waals surface area (Å²) in [6, 6.07) is 7.30. The Morgan fingerprint density at radius 2 is 1.76 bits per heavy atom. The van der Waals surface area contributed by atoms with E-state index in [-0.39, 0.29) is 11.9 Å². The fraction of sp³-hybridized carbons (Fsp3) is 0.500. The zero-order valence-electron chi connectivity index (χ0n) is 12.6. The van der Waals surface area contributed by atoms with Crippen LogP contribution in [0, 0.1) is 0 Å². The number of esters is 1. The molecule has 0 bridgehead atoms. The molecule has 0 fully saturated rings. The Bertz CT molecular complexity index is 507. The van der Waals surface area contributed by atoms with Crippen LogP contribution in [0.4, 0.5) is 4.39 Å². The van der Waals surface area contributed by atoms with Gasteiger partial charge in [0.1, 0.15) is 11.8 Å². The van der Waals surface area contributed by atoms with E-state index in [2.05, 4.69) is 5.09 Å². The highest BCUT2D eigenvalue weighted by Gasteiger charge is 2.36. The second-order valence-corrected chi connectivity index (χ2v) is 7.26. The number of benzene rings is 1. The summed E-state index contributed by atoms with van der Waals surface area (Å²) in [5.74, 6) is -2.11. The standard InChI is InChI=1S/C14H21FNO4P/c1-10(2)19-14(17)11(3)16-21(18,12(4)15)20-13-8-6-5-7-9-13/h5-12H,1-4H3,(H,16,18)/t11-,12?,21?/m0/s1. The van der Waals surface area contributed by atoms with Crippen molar-refractivity contribution in [2.75, 3.05) is 0 Å². The average Bonchev–Trinajstić information content (AvgIpc) is 2.38. The van der Waals surface area contributed by atoms with Crippen molar-refractivity contribution in [1.82, 2.24) is 5.09 Å². The molecule has 1 N–H and O–H groups in total. The number of carbonyl (C=O) groups excluding carboxylic acids is 1. The molecule has 1 rings (SSSR count). The number of carbonyl (C=O) groups is 1. The summed E-state index contributed by atoms with van der Waals surface area (Å²) in [4.78, 5) is 11.7. The number of rotatable bonds is 7. The maximum Gasteiger partial charge on any atom is 0.350 e. The minimum Gasteiger partial charge on any atom is -0.462 e. The smallest absolute Gasteiger partial charge is 0.350 e. The van der Waals surface area contributed by atoms with E-state index in [1.165, 1.54) is 6.92 Å². The molecule has 0 aliphatic carbocycles. The van der Waals surface area contributed by atoms with Gasteiger partial charge in [-0.05, 0) is 39.8 Å². The number of hydrogen-bond acceptors (Lipinski definition) is 4. The first kappa shape index (κ1) is 17.7. The zero-order chi connectivity index (χ0) is 16.0. The van der Waals surface area contributed by atoms with Crippen molar-refractivity contribution in [2.24, 2.45) is 0 Å². The maximum absolute atomic E-state index is 13.7. The van der Waals surface area contributed by atoms with Crippen LogP contribution < -0.4 is 9.61 Å². The van der Waals surface area contributed by atoms with Gasteiger partial charge in [-0.25, -0.2) is 9.48 Å². The van der Waals surface area contributed by atoms with E-state index >= 15 is 0 Å². The molecule has 0 saturated heterocycles. The highest BCUT2D eigenvalue weighted by atomic mass is 31.2. The lowest BCUT2D eigenvalue weighted by atomic mass is 10.3. The lowest BCUT2D eigenvalue weighted by molar-refractivity contribution is -0.149. The second kappa shape index (κ2) is 7.57. The van der Waals surface area contributed by atoms with Crippen LogP contribution in [0.2, 0.25) is 0 Å². The Labute approximate surface area is 124 Å². The highest BCUT2D eigenvalue weighted by molar-refractivity contribution is 7.57. The van der Waals surface area contributed by atoms with E-state index in [4.69, 9.17) is 9.26 Å². The van der Waals surface area contributed by atoms with E-state index in [1.807, 2.05) is 0 Å². The molecular formula is C14H21FNO4P. The second-order valence-electron chi connectivity index (χ2n) is 4.91. The molecule has 118 valence electrons. The first-order valence-corrected chi connectivity index (χ1v) is 8.40. The molecule has 0 aliphatic heterocycles. The molecule has 2 unspecified atom stereocenters. The van der Waals surface area contributed by atoms with Gasteiger partial charge in [-0.15, -0.1) is 0 Å². The summed E-state index contributed by atoms with van der Waals surface area (Å²) in [7, 11) is -3.88. The van der Waals surface area contributed by atoms with E-state index in [1.54, 1.807) is 44.2 Å². The highest BCUT2D eigenvalue weighted by Crippen LogP contribution is 2.48. The third kappa shape index (κ3) is 5.48. The number of ether oxygens (including phenoxy) is 1. The third-order valence-corrected chi connectivity index (χ3v) is 4.70. The Balaban J connectivity index is 2.81. The first-order chi connectivity index (χ1) is 9.74. The topological polar surface area (TPSA) is 64.6 Å². The van der Waals surface area contributed by atoms with Gasteiger partial charge in [0.25, 0.3) is 0 Å². The molecule has 0 radical (unpaired) electrons. The molecule has 1 aromatic carbocycles. The summed E-state index contributed by atoms with van der Waals surface area (Å²) in [5, 5.41) is 2.43. The minimum absolute atomic E-state index is 0.266. The van der Waals surface area contributed by atoms with Crippen LogP contribution >= 0.6 is 7.52 Å². The molecule has 0 aromatic heterocycles. The number of halogens is 1. The van der Waals surface area contributed by atoms with Gasteiger partial charge < -0.3 is 9.26 Å². The van der Waals surface area contributed by atoms with E-state index in [0.717, 1.165) is 6.92 Å². The van der Waals surface area contributed by atoms with Crippen molar-refractivity contribution in [1.29, 1.82) is 0 Å². The van der Waals surface area contributed by atoms with Crippen LogP contribution in [0.25, 0.3) is 0 Å². The predicted molar refractivity (Wildman–Crippen MR) is 79.1 cm³/mol. The van der Waals surface area contributed by atoms with Crippen molar-refractivity contribution >= 4 is 13.5 Å². The zero-order valence-corrected chi connectivity index (χ0v) is 13.5. The Hall–Kier alpha value is -1.39. The molecule has 0 spiro atoms. The summed E-state index contributed by atoms with van der Waals surface area (Å²) in [6.45, 7) is 5.97. The van der Waals surface area contributed by atoms with Gasteiger partial charge in [0, 0.05) is 0 Å². The molecule has 21 heavy (non-hydrogen) atoms. The van der Waals surface area contributed by atoms with Crippen LogP contribution in [0.15, 0.2) is 30.3 Å². The fourth-order valence-corrected chi connectivity index (χ4v) is 2.98. The van der Waals surface area contributed by atoms with Crippen molar-refractivity contribution in [3.05, 3.63) is 30.3 Å². The van der Waals surface area contributed by atoms with Crippen LogP contribution in [0.3, 0.4) is 0 Å².